The Morgan fingerprint density at radius 1 is 1.40 bits per heavy atom. The normalized spacial score (nSPS) is 16.5. The molecule has 0 fully saturated rings. The third-order valence-corrected chi connectivity index (χ3v) is 3.43. The summed E-state index contributed by atoms with van der Waals surface area (Å²) >= 11 is 0. The molecule has 1 N–H and O–H groups in total. The molecule has 1 aromatic carbocycles. The number of nitrogens with one attached hydrogen (secondary N) is 1. The fourth-order valence-corrected chi connectivity index (χ4v) is 2.36. The third-order valence-electron chi connectivity index (χ3n) is 3.43. The number of nitrogens with zero attached hydrogens (tertiary/aromatic N) is 1. The van der Waals surface area contributed by atoms with Crippen LogP contribution in [0.4, 0.5) is 4.79 Å². The van der Waals surface area contributed by atoms with Crippen LogP contribution in [-0.4, -0.2) is 43.8 Å². The predicted molar refractivity (Wildman–Crippen MR) is 80.5 cm³/mol. The van der Waals surface area contributed by atoms with Gasteiger partial charge in [-0.05, 0) is 24.5 Å². The van der Waals surface area contributed by atoms with Crippen LogP contribution in [0.1, 0.15) is 18.9 Å². The zero-order valence-corrected chi connectivity index (χ0v) is 12.1. The first kappa shape index (κ1) is 14.6. The monoisotopic (exact) mass is 274 g/mol. The molecule has 108 valence electrons. The van der Waals surface area contributed by atoms with Gasteiger partial charge in [0.05, 0.1) is 12.6 Å². The third kappa shape index (κ3) is 3.84. The number of hydrogen-bond acceptors (Lipinski definition) is 2. The maximum Gasteiger partial charge on any atom is 0.317 e. The van der Waals surface area contributed by atoms with Gasteiger partial charge in [0.2, 0.25) is 0 Å². The van der Waals surface area contributed by atoms with Crippen molar-refractivity contribution in [2.24, 2.45) is 0 Å². The van der Waals surface area contributed by atoms with Crippen LogP contribution in [0.5, 0.6) is 0 Å². The summed E-state index contributed by atoms with van der Waals surface area (Å²) in [6.07, 6.45) is 3.04. The summed E-state index contributed by atoms with van der Waals surface area (Å²) in [4.78, 5) is 13.9. The number of rotatable bonds is 4. The van der Waals surface area contributed by atoms with E-state index in [1.807, 2.05) is 30.0 Å². The molecule has 1 unspecified atom stereocenters. The minimum absolute atomic E-state index is 0.0158. The van der Waals surface area contributed by atoms with Crippen molar-refractivity contribution in [3.63, 3.8) is 0 Å². The summed E-state index contributed by atoms with van der Waals surface area (Å²) in [5.74, 6) is 0. The van der Waals surface area contributed by atoms with E-state index in [4.69, 9.17) is 4.74 Å². The first-order chi connectivity index (χ1) is 9.70. The zero-order valence-electron chi connectivity index (χ0n) is 12.1. The molecule has 1 heterocycles. The second kappa shape index (κ2) is 7.10. The Morgan fingerprint density at radius 3 is 2.75 bits per heavy atom. The smallest absolute Gasteiger partial charge is 0.317 e. The lowest BCUT2D eigenvalue weighted by atomic mass is 10.00. The Labute approximate surface area is 120 Å². The van der Waals surface area contributed by atoms with E-state index >= 15 is 0 Å². The van der Waals surface area contributed by atoms with E-state index in [0.717, 1.165) is 13.0 Å². The number of methoxy groups -OCH3 is 1. The van der Waals surface area contributed by atoms with Crippen LogP contribution in [-0.2, 0) is 4.74 Å². The molecule has 0 radical (unpaired) electrons. The number of hydrogen-bond donors (Lipinski definition) is 1. The number of benzene rings is 1. The largest absolute Gasteiger partial charge is 0.383 e. The molecule has 0 aliphatic carbocycles. The molecule has 4 nitrogen and oxygen atoms in total. The molecule has 0 bridgehead atoms. The molecule has 2 amide bonds. The maximum absolute atomic E-state index is 12.1. The van der Waals surface area contributed by atoms with Crippen LogP contribution in [0.3, 0.4) is 0 Å². The van der Waals surface area contributed by atoms with E-state index in [2.05, 4.69) is 23.5 Å². The fourth-order valence-electron chi connectivity index (χ4n) is 2.36. The molecule has 1 aliphatic rings. The topological polar surface area (TPSA) is 41.6 Å². The van der Waals surface area contributed by atoms with Gasteiger partial charge in [-0.15, -0.1) is 0 Å². The lowest BCUT2D eigenvalue weighted by Crippen LogP contribution is -2.46. The molecule has 1 atom stereocenters. The first-order valence-electron chi connectivity index (χ1n) is 6.99. The van der Waals surface area contributed by atoms with Crippen molar-refractivity contribution in [2.45, 2.75) is 19.4 Å². The van der Waals surface area contributed by atoms with Crippen molar-refractivity contribution in [1.29, 1.82) is 0 Å². The van der Waals surface area contributed by atoms with Crippen molar-refractivity contribution in [1.82, 2.24) is 10.2 Å². The fraction of sp³-hybridized carbons (Fsp3) is 0.438. The van der Waals surface area contributed by atoms with Crippen LogP contribution in [0, 0.1) is 0 Å². The van der Waals surface area contributed by atoms with Gasteiger partial charge in [-0.3, -0.25) is 0 Å². The predicted octanol–water partition coefficient (Wildman–Crippen LogP) is 2.52. The maximum atomic E-state index is 12.1. The number of carbonyl (C=O) groups excluding carboxylic acids is 1. The molecule has 2 rings (SSSR count). The van der Waals surface area contributed by atoms with E-state index in [0.29, 0.717) is 13.2 Å². The van der Waals surface area contributed by atoms with E-state index in [9.17, 15) is 4.79 Å². The Bertz CT molecular complexity index is 471. The number of ether oxygens (including phenoxy) is 1. The van der Waals surface area contributed by atoms with E-state index in [-0.39, 0.29) is 12.1 Å². The number of amides is 2. The van der Waals surface area contributed by atoms with Gasteiger partial charge in [0.15, 0.2) is 0 Å². The molecular weight excluding hydrogens is 252 g/mol. The summed E-state index contributed by atoms with van der Waals surface area (Å²) in [7, 11) is 1.64. The molecular formula is C16H22N2O2. The van der Waals surface area contributed by atoms with Crippen molar-refractivity contribution < 1.29 is 9.53 Å². The Hall–Kier alpha value is -1.81. The molecule has 4 heteroatoms. The number of carbonyl (C=O) groups is 1. The van der Waals surface area contributed by atoms with Crippen molar-refractivity contribution in [3.8, 4) is 0 Å². The van der Waals surface area contributed by atoms with Gasteiger partial charge >= 0.3 is 6.03 Å². The number of urea groups is 1. The van der Waals surface area contributed by atoms with E-state index < -0.39 is 0 Å². The van der Waals surface area contributed by atoms with Gasteiger partial charge in [-0.25, -0.2) is 4.79 Å². The lowest BCUT2D eigenvalue weighted by Gasteiger charge is -2.28. The highest BCUT2D eigenvalue weighted by atomic mass is 16.5. The van der Waals surface area contributed by atoms with Gasteiger partial charge in [-0.2, -0.15) is 0 Å². The minimum atomic E-state index is -0.0158. The summed E-state index contributed by atoms with van der Waals surface area (Å²) in [6.45, 7) is 3.89. The van der Waals surface area contributed by atoms with Crippen molar-refractivity contribution in [3.05, 3.63) is 42.0 Å². The Balaban J connectivity index is 1.90. The molecule has 0 saturated heterocycles. The highest BCUT2D eigenvalue weighted by molar-refractivity contribution is 5.77. The van der Waals surface area contributed by atoms with Crippen LogP contribution in [0.15, 0.2) is 36.4 Å². The van der Waals surface area contributed by atoms with E-state index in [1.165, 1.54) is 11.1 Å². The molecule has 0 spiro atoms. The minimum Gasteiger partial charge on any atom is -0.383 e. The Morgan fingerprint density at radius 2 is 2.15 bits per heavy atom. The second-order valence-corrected chi connectivity index (χ2v) is 5.10. The van der Waals surface area contributed by atoms with Crippen LogP contribution >= 0.6 is 0 Å². The zero-order chi connectivity index (χ0) is 14.4. The second-order valence-electron chi connectivity index (χ2n) is 5.10. The summed E-state index contributed by atoms with van der Waals surface area (Å²) < 4.78 is 5.02. The van der Waals surface area contributed by atoms with Gasteiger partial charge in [0.25, 0.3) is 0 Å². The van der Waals surface area contributed by atoms with Gasteiger partial charge < -0.3 is 15.0 Å². The average molecular weight is 274 g/mol. The molecule has 0 saturated carbocycles. The standard InChI is InChI=1S/C16H22N2O2/c1-13(12-20-2)17-16(19)18-10-8-15(9-11-18)14-6-4-3-5-7-14/h3-8,13H,9-12H2,1-2H3,(H,17,19). The molecule has 1 aliphatic heterocycles. The quantitative estimate of drug-likeness (QED) is 0.916. The lowest BCUT2D eigenvalue weighted by molar-refractivity contribution is 0.161. The van der Waals surface area contributed by atoms with Gasteiger partial charge in [0.1, 0.15) is 0 Å². The summed E-state index contributed by atoms with van der Waals surface area (Å²) in [5.41, 5.74) is 2.57. The summed E-state index contributed by atoms with van der Waals surface area (Å²) in [6, 6.07) is 10.3. The van der Waals surface area contributed by atoms with Crippen LogP contribution in [0.2, 0.25) is 0 Å². The van der Waals surface area contributed by atoms with E-state index in [1.54, 1.807) is 7.11 Å². The highest BCUT2D eigenvalue weighted by Gasteiger charge is 2.18. The average Bonchev–Trinajstić information content (AvgIpc) is 2.48. The first-order valence-corrected chi connectivity index (χ1v) is 6.99. The summed E-state index contributed by atoms with van der Waals surface area (Å²) in [5, 5.41) is 2.94. The van der Waals surface area contributed by atoms with Crippen molar-refractivity contribution >= 4 is 11.6 Å². The van der Waals surface area contributed by atoms with Gasteiger partial charge in [0, 0.05) is 20.2 Å². The van der Waals surface area contributed by atoms with Crippen LogP contribution in [0.25, 0.3) is 5.57 Å². The van der Waals surface area contributed by atoms with Crippen molar-refractivity contribution in [2.75, 3.05) is 26.8 Å². The molecule has 1 aromatic rings. The van der Waals surface area contributed by atoms with Crippen LogP contribution < -0.4 is 5.32 Å². The SMILES string of the molecule is COCC(C)NC(=O)N1CC=C(c2ccccc2)CC1. The Kier molecular flexibility index (Phi) is 5.18. The van der Waals surface area contributed by atoms with Gasteiger partial charge in [-0.1, -0.05) is 36.4 Å². The molecule has 0 aromatic heterocycles. The highest BCUT2D eigenvalue weighted by Crippen LogP contribution is 2.21. The molecule has 20 heavy (non-hydrogen) atoms.